The Kier molecular flexibility index (Phi) is 4.12. The van der Waals surface area contributed by atoms with E-state index in [9.17, 15) is 15.3 Å². The minimum atomic E-state index is -0.816. The number of phenolic OH excluding ortho intramolecular Hbond substituents is 1. The Balaban J connectivity index is 1.56. The first-order valence-electron chi connectivity index (χ1n) is 10.9. The van der Waals surface area contributed by atoms with Gasteiger partial charge in [-0.2, -0.15) is 0 Å². The Bertz CT molecular complexity index is 730. The van der Waals surface area contributed by atoms with Gasteiger partial charge in [-0.3, -0.25) is 0 Å². The van der Waals surface area contributed by atoms with E-state index in [2.05, 4.69) is 11.9 Å². The summed E-state index contributed by atoms with van der Waals surface area (Å²) in [6.45, 7) is 0.933. The number of aliphatic hydroxyl groups is 2. The lowest BCUT2D eigenvalue weighted by Crippen LogP contribution is -2.74. The Hall–Kier alpha value is -1.10. The van der Waals surface area contributed by atoms with Gasteiger partial charge in [0.05, 0.1) is 11.7 Å². The Morgan fingerprint density at radius 1 is 1.19 bits per heavy atom. The van der Waals surface area contributed by atoms with Gasteiger partial charge >= 0.3 is 0 Å². The fourth-order valence-corrected chi connectivity index (χ4v) is 7.21. The third kappa shape index (κ3) is 2.53. The van der Waals surface area contributed by atoms with Gasteiger partial charge in [0.2, 0.25) is 0 Å². The molecule has 1 aliphatic heterocycles. The molecule has 4 heteroatoms. The number of likely N-dealkylation sites (N-methyl/N-ethyl adjacent to an activating group) is 1. The van der Waals surface area contributed by atoms with Crippen molar-refractivity contribution in [1.29, 1.82) is 0 Å². The summed E-state index contributed by atoms with van der Waals surface area (Å²) < 4.78 is 0. The van der Waals surface area contributed by atoms with E-state index in [1.165, 1.54) is 31.2 Å². The van der Waals surface area contributed by atoms with E-state index in [1.54, 1.807) is 6.07 Å². The molecule has 4 nitrogen and oxygen atoms in total. The molecule has 148 valence electrons. The van der Waals surface area contributed by atoms with Crippen LogP contribution in [-0.2, 0) is 11.8 Å². The van der Waals surface area contributed by atoms with Crippen molar-refractivity contribution in [3.8, 4) is 5.75 Å². The van der Waals surface area contributed by atoms with Crippen molar-refractivity contribution in [2.75, 3.05) is 13.6 Å². The molecule has 3 fully saturated rings. The Morgan fingerprint density at radius 2 is 1.96 bits per heavy atom. The lowest BCUT2D eigenvalue weighted by Gasteiger charge is -2.65. The van der Waals surface area contributed by atoms with Crippen LogP contribution in [0.15, 0.2) is 18.2 Å². The highest BCUT2D eigenvalue weighted by Gasteiger charge is 2.65. The van der Waals surface area contributed by atoms with Crippen molar-refractivity contribution in [3.05, 3.63) is 29.3 Å². The minimum Gasteiger partial charge on any atom is -0.508 e. The number of aromatic hydroxyl groups is 1. The smallest absolute Gasteiger partial charge is 0.115 e. The number of aliphatic hydroxyl groups excluding tert-OH is 1. The molecule has 27 heavy (non-hydrogen) atoms. The number of fused-ring (bicyclic) bond motifs is 1. The van der Waals surface area contributed by atoms with Gasteiger partial charge in [-0.1, -0.05) is 31.7 Å². The molecule has 2 saturated carbocycles. The monoisotopic (exact) mass is 371 g/mol. The van der Waals surface area contributed by atoms with Crippen LogP contribution in [0.25, 0.3) is 0 Å². The van der Waals surface area contributed by atoms with E-state index < -0.39 is 11.0 Å². The third-order valence-electron chi connectivity index (χ3n) is 8.61. The van der Waals surface area contributed by atoms with Gasteiger partial charge in [-0.25, -0.2) is 0 Å². The van der Waals surface area contributed by atoms with Crippen LogP contribution in [0, 0.1) is 11.8 Å². The number of phenols is 1. The fraction of sp³-hybridized carbons (Fsp3) is 0.739. The molecule has 2 bridgehead atoms. The SMILES string of the molecule is CN1CCC23CC(O)[C@@H](CC4CCCC4)C[C@@]2(O)[C@H]1Cc1ccc(O)cc13. The first kappa shape index (κ1) is 18.0. The molecule has 3 aliphatic carbocycles. The van der Waals surface area contributed by atoms with Crippen molar-refractivity contribution in [1.82, 2.24) is 4.90 Å². The number of likely N-dealkylation sites (tertiary alicyclic amines) is 1. The number of nitrogens with zero attached hydrogens (tertiary/aromatic N) is 1. The zero-order valence-corrected chi connectivity index (χ0v) is 16.4. The van der Waals surface area contributed by atoms with Crippen LogP contribution in [-0.4, -0.2) is 51.6 Å². The first-order valence-corrected chi connectivity index (χ1v) is 10.9. The maximum Gasteiger partial charge on any atom is 0.115 e. The summed E-state index contributed by atoms with van der Waals surface area (Å²) in [5, 5.41) is 33.5. The van der Waals surface area contributed by atoms with Crippen LogP contribution in [0.3, 0.4) is 0 Å². The molecule has 1 saturated heterocycles. The molecule has 1 heterocycles. The maximum atomic E-state index is 12.2. The van der Waals surface area contributed by atoms with Crippen molar-refractivity contribution in [2.24, 2.45) is 11.8 Å². The maximum absolute atomic E-state index is 12.2. The second-order valence-electron chi connectivity index (χ2n) is 9.92. The number of piperidine rings is 1. The van der Waals surface area contributed by atoms with E-state index >= 15 is 0 Å². The standard InChI is InChI=1S/C23H33NO3/c1-24-9-8-22-14-20(26)17(10-15-4-2-3-5-15)13-23(22,27)21(24)11-16-6-7-18(25)12-19(16)22/h6-7,12,15,17,20-21,25-27H,2-5,8-11,13-14H2,1H3/t17-,20?,21+,22?,23+/m0/s1. The molecule has 4 aliphatic rings. The van der Waals surface area contributed by atoms with Crippen LogP contribution in [0.4, 0.5) is 0 Å². The lowest BCUT2D eigenvalue weighted by atomic mass is 9.47. The summed E-state index contributed by atoms with van der Waals surface area (Å²) in [6.07, 6.45) is 8.90. The molecular formula is C23H33NO3. The zero-order chi connectivity index (χ0) is 18.8. The highest BCUT2D eigenvalue weighted by Crippen LogP contribution is 2.60. The minimum absolute atomic E-state index is 0.0990. The van der Waals surface area contributed by atoms with Crippen molar-refractivity contribution in [2.45, 2.75) is 80.9 Å². The third-order valence-corrected chi connectivity index (χ3v) is 8.61. The second kappa shape index (κ2) is 6.20. The van der Waals surface area contributed by atoms with Crippen LogP contribution in [0.2, 0.25) is 0 Å². The van der Waals surface area contributed by atoms with Gasteiger partial charge in [0.25, 0.3) is 0 Å². The molecule has 0 amide bonds. The van der Waals surface area contributed by atoms with Crippen LogP contribution < -0.4 is 0 Å². The highest BCUT2D eigenvalue weighted by molar-refractivity contribution is 5.48. The Morgan fingerprint density at radius 3 is 2.74 bits per heavy atom. The molecule has 2 unspecified atom stereocenters. The molecule has 1 aromatic rings. The van der Waals surface area contributed by atoms with Gasteiger partial charge in [-0.05, 0) is 80.8 Å². The van der Waals surface area contributed by atoms with E-state index in [-0.39, 0.29) is 23.8 Å². The highest BCUT2D eigenvalue weighted by atomic mass is 16.3. The van der Waals surface area contributed by atoms with Crippen LogP contribution in [0.5, 0.6) is 5.75 Å². The predicted octanol–water partition coefficient (Wildman–Crippen LogP) is 2.97. The van der Waals surface area contributed by atoms with Gasteiger partial charge in [0, 0.05) is 11.5 Å². The molecular weight excluding hydrogens is 338 g/mol. The van der Waals surface area contributed by atoms with Crippen molar-refractivity contribution < 1.29 is 15.3 Å². The normalized spacial score (nSPS) is 42.0. The van der Waals surface area contributed by atoms with Gasteiger partial charge in [0.1, 0.15) is 5.75 Å². The average molecular weight is 372 g/mol. The summed E-state index contributed by atoms with van der Waals surface area (Å²) in [7, 11) is 2.13. The summed E-state index contributed by atoms with van der Waals surface area (Å²) in [4.78, 5) is 2.33. The zero-order valence-electron chi connectivity index (χ0n) is 16.4. The summed E-state index contributed by atoms with van der Waals surface area (Å²) >= 11 is 0. The molecule has 5 atom stereocenters. The number of rotatable bonds is 2. The number of benzene rings is 1. The fourth-order valence-electron chi connectivity index (χ4n) is 7.21. The quantitative estimate of drug-likeness (QED) is 0.748. The van der Waals surface area contributed by atoms with E-state index in [0.29, 0.717) is 12.8 Å². The molecule has 0 spiro atoms. The average Bonchev–Trinajstić information content (AvgIpc) is 3.13. The largest absolute Gasteiger partial charge is 0.508 e. The molecule has 0 aromatic heterocycles. The predicted molar refractivity (Wildman–Crippen MR) is 105 cm³/mol. The van der Waals surface area contributed by atoms with Gasteiger partial charge < -0.3 is 20.2 Å². The topological polar surface area (TPSA) is 63.9 Å². The summed E-state index contributed by atoms with van der Waals surface area (Å²) in [5.41, 5.74) is 1.08. The lowest BCUT2D eigenvalue weighted by molar-refractivity contribution is -0.194. The second-order valence-corrected chi connectivity index (χ2v) is 9.92. The molecule has 0 radical (unpaired) electrons. The van der Waals surface area contributed by atoms with E-state index in [4.69, 9.17) is 0 Å². The first-order chi connectivity index (χ1) is 12.9. The van der Waals surface area contributed by atoms with Gasteiger partial charge in [0.15, 0.2) is 0 Å². The van der Waals surface area contributed by atoms with Crippen molar-refractivity contribution >= 4 is 0 Å². The van der Waals surface area contributed by atoms with Crippen LogP contribution >= 0.6 is 0 Å². The number of hydrogen-bond donors (Lipinski definition) is 3. The van der Waals surface area contributed by atoms with Crippen molar-refractivity contribution in [3.63, 3.8) is 0 Å². The molecule has 3 N–H and O–H groups in total. The molecule has 5 rings (SSSR count). The summed E-state index contributed by atoms with van der Waals surface area (Å²) in [6, 6.07) is 5.75. The Labute approximate surface area is 162 Å². The van der Waals surface area contributed by atoms with E-state index in [1.807, 2.05) is 12.1 Å². The summed E-state index contributed by atoms with van der Waals surface area (Å²) in [5.74, 6) is 1.18. The molecule has 1 aromatic carbocycles. The van der Waals surface area contributed by atoms with Gasteiger partial charge in [-0.15, -0.1) is 0 Å². The number of hydrogen-bond acceptors (Lipinski definition) is 4. The van der Waals surface area contributed by atoms with E-state index in [0.717, 1.165) is 37.3 Å². The van der Waals surface area contributed by atoms with Crippen LogP contribution in [0.1, 0.15) is 62.5 Å².